The molecule has 0 aliphatic carbocycles. The Kier molecular flexibility index (Phi) is 7.49. The number of amides is 3. The molecule has 0 aromatic rings. The van der Waals surface area contributed by atoms with Gasteiger partial charge in [0.25, 0.3) is 0 Å². The normalized spacial score (nSPS) is 12.6. The van der Waals surface area contributed by atoms with Crippen LogP contribution in [0.25, 0.3) is 0 Å². The smallest absolute Gasteiger partial charge is 0.321 e. The molecule has 0 rings (SSSR count). The summed E-state index contributed by atoms with van der Waals surface area (Å²) >= 11 is 0. The fourth-order valence-electron chi connectivity index (χ4n) is 1.03. The van der Waals surface area contributed by atoms with Gasteiger partial charge in [0, 0.05) is 12.6 Å². The van der Waals surface area contributed by atoms with Crippen LogP contribution in [0.5, 0.6) is 0 Å². The van der Waals surface area contributed by atoms with Crippen molar-refractivity contribution in [2.24, 2.45) is 5.92 Å². The van der Waals surface area contributed by atoms with Crippen molar-refractivity contribution in [2.45, 2.75) is 26.8 Å². The minimum atomic E-state index is -0.478. The zero-order valence-electron chi connectivity index (χ0n) is 11.0. The third kappa shape index (κ3) is 7.70. The van der Waals surface area contributed by atoms with Crippen molar-refractivity contribution in [3.8, 4) is 0 Å². The van der Waals surface area contributed by atoms with E-state index >= 15 is 0 Å². The number of urea groups is 1. The van der Waals surface area contributed by atoms with Gasteiger partial charge >= 0.3 is 6.03 Å². The molecule has 1 unspecified atom stereocenters. The van der Waals surface area contributed by atoms with Crippen molar-refractivity contribution in [2.75, 3.05) is 26.7 Å². The molecule has 0 aliphatic rings. The van der Waals surface area contributed by atoms with Crippen molar-refractivity contribution < 1.29 is 14.7 Å². The van der Waals surface area contributed by atoms with Crippen LogP contribution in [0, 0.1) is 5.92 Å². The van der Waals surface area contributed by atoms with Crippen LogP contribution < -0.4 is 10.6 Å². The highest BCUT2D eigenvalue weighted by molar-refractivity contribution is 5.95. The Balaban J connectivity index is 3.89. The number of nitrogens with one attached hydrogen (secondary N) is 2. The van der Waals surface area contributed by atoms with Crippen LogP contribution in [-0.4, -0.2) is 54.7 Å². The van der Waals surface area contributed by atoms with Crippen LogP contribution in [0.2, 0.25) is 0 Å². The SMILES string of the molecule is CC(C)CNC(=O)NC(=O)CN(C)C(C)CO. The van der Waals surface area contributed by atoms with Gasteiger partial charge in [0.15, 0.2) is 0 Å². The van der Waals surface area contributed by atoms with E-state index < -0.39 is 6.03 Å². The Labute approximate surface area is 102 Å². The van der Waals surface area contributed by atoms with Crippen molar-refractivity contribution in [1.29, 1.82) is 0 Å². The molecule has 6 heteroatoms. The summed E-state index contributed by atoms with van der Waals surface area (Å²) in [6.45, 7) is 6.33. The number of carbonyl (C=O) groups is 2. The Morgan fingerprint density at radius 1 is 1.29 bits per heavy atom. The number of nitrogens with zero attached hydrogens (tertiary/aromatic N) is 1. The van der Waals surface area contributed by atoms with Gasteiger partial charge in [0.1, 0.15) is 0 Å². The number of imide groups is 1. The van der Waals surface area contributed by atoms with Crippen molar-refractivity contribution >= 4 is 11.9 Å². The maximum absolute atomic E-state index is 11.4. The maximum atomic E-state index is 11.4. The molecule has 100 valence electrons. The molecule has 3 amide bonds. The molecule has 0 saturated carbocycles. The molecule has 1 atom stereocenters. The molecule has 3 N–H and O–H groups in total. The first-order valence-corrected chi connectivity index (χ1v) is 5.75. The molecule has 6 nitrogen and oxygen atoms in total. The standard InChI is InChI=1S/C11H23N3O3/c1-8(2)5-12-11(17)13-10(16)6-14(4)9(3)7-15/h8-9,15H,5-7H2,1-4H3,(H2,12,13,16,17). The number of aliphatic hydroxyl groups excluding tert-OH is 1. The lowest BCUT2D eigenvalue weighted by atomic mass is 10.2. The lowest BCUT2D eigenvalue weighted by Gasteiger charge is -2.21. The Hall–Kier alpha value is -1.14. The molecular weight excluding hydrogens is 222 g/mol. The van der Waals surface area contributed by atoms with Crippen molar-refractivity contribution in [3.63, 3.8) is 0 Å². The van der Waals surface area contributed by atoms with E-state index in [1.807, 2.05) is 13.8 Å². The third-order valence-corrected chi connectivity index (χ3v) is 2.33. The lowest BCUT2D eigenvalue weighted by molar-refractivity contribution is -0.121. The summed E-state index contributed by atoms with van der Waals surface area (Å²) in [5.41, 5.74) is 0. The molecule has 0 aliphatic heterocycles. The average Bonchev–Trinajstić information content (AvgIpc) is 2.24. The minimum Gasteiger partial charge on any atom is -0.395 e. The van der Waals surface area contributed by atoms with Gasteiger partial charge in [-0.1, -0.05) is 13.8 Å². The minimum absolute atomic E-state index is 0.0245. The second kappa shape index (κ2) is 8.03. The van der Waals surface area contributed by atoms with E-state index in [2.05, 4.69) is 10.6 Å². The van der Waals surface area contributed by atoms with Gasteiger partial charge in [-0.2, -0.15) is 0 Å². The van der Waals surface area contributed by atoms with Gasteiger partial charge < -0.3 is 10.4 Å². The Morgan fingerprint density at radius 2 is 1.88 bits per heavy atom. The van der Waals surface area contributed by atoms with Crippen LogP contribution >= 0.6 is 0 Å². The number of likely N-dealkylation sites (N-methyl/N-ethyl adjacent to an activating group) is 1. The summed E-state index contributed by atoms with van der Waals surface area (Å²) in [5.74, 6) is -0.0398. The molecular formula is C11H23N3O3. The topological polar surface area (TPSA) is 81.7 Å². The van der Waals surface area contributed by atoms with Gasteiger partial charge in [-0.15, -0.1) is 0 Å². The highest BCUT2D eigenvalue weighted by Crippen LogP contribution is 1.92. The van der Waals surface area contributed by atoms with Crippen molar-refractivity contribution in [1.82, 2.24) is 15.5 Å². The van der Waals surface area contributed by atoms with E-state index in [1.165, 1.54) is 0 Å². The quantitative estimate of drug-likeness (QED) is 0.604. The highest BCUT2D eigenvalue weighted by atomic mass is 16.3. The van der Waals surface area contributed by atoms with Gasteiger partial charge in [-0.3, -0.25) is 15.0 Å². The zero-order valence-corrected chi connectivity index (χ0v) is 11.0. The van der Waals surface area contributed by atoms with Gasteiger partial charge in [-0.05, 0) is 19.9 Å². The first-order valence-electron chi connectivity index (χ1n) is 5.75. The van der Waals surface area contributed by atoms with Crippen LogP contribution in [0.15, 0.2) is 0 Å². The third-order valence-electron chi connectivity index (χ3n) is 2.33. The number of carbonyl (C=O) groups excluding carboxylic acids is 2. The maximum Gasteiger partial charge on any atom is 0.321 e. The van der Waals surface area contributed by atoms with Crippen molar-refractivity contribution in [3.05, 3.63) is 0 Å². The molecule has 0 spiro atoms. The van der Waals surface area contributed by atoms with E-state index in [9.17, 15) is 9.59 Å². The number of aliphatic hydroxyl groups is 1. The summed E-state index contributed by atoms with van der Waals surface area (Å²) in [4.78, 5) is 24.4. The molecule has 0 heterocycles. The van der Waals surface area contributed by atoms with E-state index in [-0.39, 0.29) is 25.1 Å². The molecule has 0 aromatic heterocycles. The van der Waals surface area contributed by atoms with Crippen LogP contribution in [0.1, 0.15) is 20.8 Å². The van der Waals surface area contributed by atoms with E-state index in [4.69, 9.17) is 5.11 Å². The summed E-state index contributed by atoms with van der Waals surface area (Å²) in [7, 11) is 1.71. The summed E-state index contributed by atoms with van der Waals surface area (Å²) in [5, 5.41) is 13.7. The molecule has 0 aromatic carbocycles. The van der Waals surface area contributed by atoms with E-state index in [0.717, 1.165) is 0 Å². The lowest BCUT2D eigenvalue weighted by Crippen LogP contribution is -2.46. The fourth-order valence-corrected chi connectivity index (χ4v) is 1.03. The molecule has 0 saturated heterocycles. The van der Waals surface area contributed by atoms with Crippen LogP contribution in [-0.2, 0) is 4.79 Å². The van der Waals surface area contributed by atoms with E-state index in [1.54, 1.807) is 18.9 Å². The molecule has 0 fully saturated rings. The highest BCUT2D eigenvalue weighted by Gasteiger charge is 2.14. The zero-order chi connectivity index (χ0) is 13.4. The average molecular weight is 245 g/mol. The predicted molar refractivity (Wildman–Crippen MR) is 65.6 cm³/mol. The second-order valence-electron chi connectivity index (χ2n) is 4.60. The number of hydrogen-bond acceptors (Lipinski definition) is 4. The Morgan fingerprint density at radius 3 is 2.35 bits per heavy atom. The molecule has 0 radical (unpaired) electrons. The van der Waals surface area contributed by atoms with Crippen LogP contribution in [0.4, 0.5) is 4.79 Å². The summed E-state index contributed by atoms with van der Waals surface area (Å²) < 4.78 is 0. The monoisotopic (exact) mass is 245 g/mol. The van der Waals surface area contributed by atoms with Crippen LogP contribution in [0.3, 0.4) is 0 Å². The first-order chi connectivity index (χ1) is 7.86. The fraction of sp³-hybridized carbons (Fsp3) is 0.818. The molecule has 17 heavy (non-hydrogen) atoms. The van der Waals surface area contributed by atoms with Gasteiger partial charge in [0.2, 0.25) is 5.91 Å². The summed E-state index contributed by atoms with van der Waals surface area (Å²) in [6.07, 6.45) is 0. The van der Waals surface area contributed by atoms with E-state index in [0.29, 0.717) is 12.5 Å². The van der Waals surface area contributed by atoms with Gasteiger partial charge in [-0.25, -0.2) is 4.79 Å². The van der Waals surface area contributed by atoms with Gasteiger partial charge in [0.05, 0.1) is 13.2 Å². The summed E-state index contributed by atoms with van der Waals surface area (Å²) in [6, 6.07) is -0.590. The predicted octanol–water partition coefficient (Wildman–Crippen LogP) is -0.219. The Bertz CT molecular complexity index is 256. The second-order valence-corrected chi connectivity index (χ2v) is 4.60. The number of rotatable bonds is 6. The first kappa shape index (κ1) is 15.9. The number of hydrogen-bond donors (Lipinski definition) is 3. The molecule has 0 bridgehead atoms. The largest absolute Gasteiger partial charge is 0.395 e.